The number of aliphatic hydroxyl groups is 1. The second kappa shape index (κ2) is 17.6. The quantitative estimate of drug-likeness (QED) is 0.0632. The van der Waals surface area contributed by atoms with Crippen molar-refractivity contribution in [2.75, 3.05) is 54.9 Å². The van der Waals surface area contributed by atoms with Crippen molar-refractivity contribution in [3.05, 3.63) is 107 Å². The van der Waals surface area contributed by atoms with Crippen LogP contribution in [0.15, 0.2) is 77.3 Å². The van der Waals surface area contributed by atoms with Crippen LogP contribution in [0.1, 0.15) is 100 Å². The molecule has 6 heterocycles. The number of amides is 4. The number of hydrogen-bond acceptors (Lipinski definition) is 16. The van der Waals surface area contributed by atoms with E-state index in [4.69, 9.17) is 14.1 Å². The van der Waals surface area contributed by atoms with Crippen LogP contribution in [-0.4, -0.2) is 110 Å². The molecule has 4 amide bonds. The lowest BCUT2D eigenvalue weighted by atomic mass is 9.95. The predicted octanol–water partition coefficient (Wildman–Crippen LogP) is 4.76. The smallest absolute Gasteiger partial charge is 0.339 e. The molecular formula is C46H48N10O8. The van der Waals surface area contributed by atoms with Crippen molar-refractivity contribution in [2.45, 2.75) is 70.1 Å². The molecule has 0 radical (unpaired) electrons. The third kappa shape index (κ3) is 8.40. The van der Waals surface area contributed by atoms with Crippen LogP contribution in [0.25, 0.3) is 11.5 Å². The van der Waals surface area contributed by atoms with Gasteiger partial charge in [-0.15, -0.1) is 10.2 Å². The molecule has 64 heavy (non-hydrogen) atoms. The zero-order chi connectivity index (χ0) is 44.5. The van der Waals surface area contributed by atoms with Crippen LogP contribution < -0.4 is 20.9 Å². The summed E-state index contributed by atoms with van der Waals surface area (Å²) in [5, 5.41) is 27.9. The van der Waals surface area contributed by atoms with Gasteiger partial charge in [-0.3, -0.25) is 34.3 Å². The summed E-state index contributed by atoms with van der Waals surface area (Å²) in [6, 6.07) is 18.6. The van der Waals surface area contributed by atoms with Crippen molar-refractivity contribution in [1.82, 2.24) is 35.3 Å². The first kappa shape index (κ1) is 42.3. The van der Waals surface area contributed by atoms with Crippen LogP contribution in [0.4, 0.5) is 23.1 Å². The number of nitrogens with zero attached hydrogens (tertiary/aromatic N) is 7. The maximum atomic E-state index is 13.6. The molecule has 0 saturated carbocycles. The molecule has 18 nitrogen and oxygen atoms in total. The summed E-state index contributed by atoms with van der Waals surface area (Å²) in [5.41, 5.74) is 3.78. The number of imide groups is 2. The van der Waals surface area contributed by atoms with E-state index in [0.29, 0.717) is 59.3 Å². The minimum absolute atomic E-state index is 0.0720. The molecule has 1 unspecified atom stereocenters. The maximum absolute atomic E-state index is 13.6. The zero-order valence-electron chi connectivity index (χ0n) is 35.5. The fraction of sp³-hybridized carbons (Fsp3) is 0.370. The van der Waals surface area contributed by atoms with Gasteiger partial charge in [0, 0.05) is 56.5 Å². The highest BCUT2D eigenvalue weighted by molar-refractivity contribution is 6.25. The van der Waals surface area contributed by atoms with Gasteiger partial charge in [0.25, 0.3) is 17.7 Å². The number of anilines is 4. The monoisotopic (exact) mass is 868 g/mol. The summed E-state index contributed by atoms with van der Waals surface area (Å²) in [7, 11) is 0. The molecule has 18 heteroatoms. The molecule has 330 valence electrons. The molecule has 3 aromatic carbocycles. The van der Waals surface area contributed by atoms with Crippen molar-refractivity contribution in [1.29, 1.82) is 0 Å². The van der Waals surface area contributed by atoms with Crippen molar-refractivity contribution in [3.8, 4) is 11.5 Å². The average molecular weight is 869 g/mol. The molecule has 4 N–H and O–H groups in total. The first-order valence-electron chi connectivity index (χ1n) is 21.6. The van der Waals surface area contributed by atoms with Crippen molar-refractivity contribution in [3.63, 3.8) is 0 Å². The lowest BCUT2D eigenvalue weighted by Crippen LogP contribution is -2.54. The molecular weight excluding hydrogens is 821 g/mol. The number of hydrogen-bond donors (Lipinski definition) is 4. The molecule has 2 atom stereocenters. The topological polar surface area (TPSA) is 225 Å². The van der Waals surface area contributed by atoms with Gasteiger partial charge >= 0.3 is 5.97 Å². The lowest BCUT2D eigenvalue weighted by Gasteiger charge is -2.36. The summed E-state index contributed by atoms with van der Waals surface area (Å²) in [5.74, 6) is -1.03. The number of unbranched alkanes of at least 4 members (excludes halogenated alkanes) is 2. The molecule has 5 aromatic rings. The second-order valence-electron chi connectivity index (χ2n) is 16.8. The Balaban J connectivity index is 0.798. The summed E-state index contributed by atoms with van der Waals surface area (Å²) in [6.45, 7) is 7.28. The van der Waals surface area contributed by atoms with Gasteiger partial charge in [0.15, 0.2) is 0 Å². The van der Waals surface area contributed by atoms with Crippen LogP contribution in [0.3, 0.4) is 0 Å². The summed E-state index contributed by atoms with van der Waals surface area (Å²) >= 11 is 0. The van der Waals surface area contributed by atoms with Crippen LogP contribution in [0, 0.1) is 0 Å². The van der Waals surface area contributed by atoms with Crippen molar-refractivity contribution < 1.29 is 38.2 Å². The van der Waals surface area contributed by atoms with E-state index in [-0.39, 0.29) is 42.8 Å². The van der Waals surface area contributed by atoms with E-state index in [9.17, 15) is 29.1 Å². The van der Waals surface area contributed by atoms with E-state index in [1.165, 1.54) is 0 Å². The van der Waals surface area contributed by atoms with Crippen molar-refractivity contribution in [2.24, 2.45) is 0 Å². The number of nitrogens with one attached hydrogen (secondary N) is 3. The normalized spacial score (nSPS) is 18.7. The number of aryl methyl sites for hydroxylation is 1. The first-order valence-corrected chi connectivity index (χ1v) is 21.6. The molecule has 0 spiro atoms. The lowest BCUT2D eigenvalue weighted by molar-refractivity contribution is -0.136. The van der Waals surface area contributed by atoms with Crippen molar-refractivity contribution >= 4 is 52.7 Å². The van der Waals surface area contributed by atoms with Gasteiger partial charge < -0.3 is 29.8 Å². The maximum Gasteiger partial charge on any atom is 0.339 e. The molecule has 4 aliphatic heterocycles. The van der Waals surface area contributed by atoms with E-state index in [2.05, 4.69) is 40.9 Å². The largest absolute Gasteiger partial charge is 0.451 e. The van der Waals surface area contributed by atoms with Gasteiger partial charge in [-0.1, -0.05) is 42.8 Å². The number of aliphatic hydroxyl groups excluding tert-OH is 1. The van der Waals surface area contributed by atoms with Gasteiger partial charge in [-0.2, -0.15) is 4.98 Å². The summed E-state index contributed by atoms with van der Waals surface area (Å²) in [6.07, 6.45) is 5.08. The van der Waals surface area contributed by atoms with E-state index >= 15 is 0 Å². The number of carbonyl (C=O) groups is 5. The molecule has 2 fully saturated rings. The second-order valence-corrected chi connectivity index (χ2v) is 16.8. The van der Waals surface area contributed by atoms with E-state index in [1.807, 2.05) is 56.3 Å². The number of rotatable bonds is 15. The van der Waals surface area contributed by atoms with Gasteiger partial charge in [0.2, 0.25) is 23.7 Å². The highest BCUT2D eigenvalue weighted by Crippen LogP contribution is 2.39. The number of carbonyl (C=O) groups excluding carboxylic acids is 5. The Morgan fingerprint density at radius 3 is 2.48 bits per heavy atom. The predicted molar refractivity (Wildman–Crippen MR) is 233 cm³/mol. The molecule has 2 aromatic heterocycles. The summed E-state index contributed by atoms with van der Waals surface area (Å²) in [4.78, 5) is 78.4. The Morgan fingerprint density at radius 1 is 0.891 bits per heavy atom. The number of piperazine rings is 1. The fourth-order valence-corrected chi connectivity index (χ4v) is 8.79. The Kier molecular flexibility index (Phi) is 11.6. The molecule has 2 saturated heterocycles. The molecule has 0 aliphatic carbocycles. The van der Waals surface area contributed by atoms with E-state index in [0.717, 1.165) is 54.9 Å². The van der Waals surface area contributed by atoms with Crippen LogP contribution in [0.5, 0.6) is 0 Å². The Labute approximate surface area is 368 Å². The van der Waals surface area contributed by atoms with Gasteiger partial charge in [-0.05, 0) is 75.5 Å². The number of benzene rings is 3. The Morgan fingerprint density at radius 2 is 1.70 bits per heavy atom. The Hall–Kier alpha value is -7.05. The van der Waals surface area contributed by atoms with E-state index < -0.39 is 41.3 Å². The number of aromatic nitrogens is 4. The van der Waals surface area contributed by atoms with E-state index in [1.54, 1.807) is 30.5 Å². The minimum Gasteiger partial charge on any atom is -0.451 e. The average Bonchev–Trinajstić information content (AvgIpc) is 3.94. The van der Waals surface area contributed by atoms with Crippen LogP contribution >= 0.6 is 0 Å². The van der Waals surface area contributed by atoms with Gasteiger partial charge in [-0.25, -0.2) is 9.78 Å². The standard InChI is InChI=1S/C46H48N10O8/c1-46(2)32-24-28(15-16-29(32)44(62)64-46)48-45-47-25-31(39(51-45)49-33(26-57)27-10-5-3-6-11-27)41-53-52-37(63-41)14-7-4-8-19-54-20-22-55(23-21-54)34-13-9-12-30-38(34)43(61)56(42(30)60)35-17-18-36(58)50-40(35)59/h3,5-6,9-13,15-16,24-25,33,35,57H,4,7-8,14,17-23,26H2,1-2H3,(H,50,58,59)(H2,47,48,49,51)/t33-,35?/m1/s1. The SMILES string of the molecule is CC1(C)OC(=O)c2ccc(Nc3ncc(-c4nnc(CCCCCN5CCN(c6cccc7c6C(=O)N(C6CCC(=O)NC6=O)C7=O)CC5)o4)c(N[C@H](CO)c4ccccc4)n3)cc21. The molecule has 0 bridgehead atoms. The minimum atomic E-state index is -1.00. The zero-order valence-corrected chi connectivity index (χ0v) is 35.5. The third-order valence-corrected chi connectivity index (χ3v) is 12.2. The third-order valence-electron chi connectivity index (χ3n) is 12.2. The Bertz CT molecular complexity index is 2630. The highest BCUT2D eigenvalue weighted by Gasteiger charge is 2.46. The molecule has 4 aliphatic rings. The summed E-state index contributed by atoms with van der Waals surface area (Å²) < 4.78 is 11.7. The number of ether oxygens (including phenoxy) is 1. The number of piperidine rings is 1. The number of esters is 1. The van der Waals surface area contributed by atoms with Crippen LogP contribution in [0.2, 0.25) is 0 Å². The first-order chi connectivity index (χ1) is 31.0. The fourth-order valence-electron chi connectivity index (χ4n) is 8.79. The van der Waals surface area contributed by atoms with Gasteiger partial charge in [0.1, 0.15) is 17.5 Å². The highest BCUT2D eigenvalue weighted by atomic mass is 16.6. The number of cyclic esters (lactones) is 1. The van der Waals surface area contributed by atoms with Gasteiger partial charge in [0.05, 0.1) is 40.6 Å². The molecule has 9 rings (SSSR count). The number of fused-ring (bicyclic) bond motifs is 2. The van der Waals surface area contributed by atoms with Crippen LogP contribution in [-0.2, 0) is 26.3 Å².